The third kappa shape index (κ3) is 5.21. The first-order valence-electron chi connectivity index (χ1n) is 7.51. The number of aryl methyl sites for hydroxylation is 2. The SMILES string of the molecule is CCc1ccc(CCC(=O)NNC(=O)c2ccccc2Br)cc1. The van der Waals surface area contributed by atoms with E-state index in [2.05, 4.69) is 45.8 Å². The molecule has 23 heavy (non-hydrogen) atoms. The summed E-state index contributed by atoms with van der Waals surface area (Å²) in [6, 6.07) is 15.3. The highest BCUT2D eigenvalue weighted by atomic mass is 79.9. The van der Waals surface area contributed by atoms with E-state index in [1.54, 1.807) is 18.2 Å². The van der Waals surface area contributed by atoms with Gasteiger partial charge in [0.1, 0.15) is 0 Å². The Hall–Kier alpha value is -2.14. The molecule has 2 amide bonds. The van der Waals surface area contributed by atoms with Crippen molar-refractivity contribution in [3.05, 3.63) is 69.7 Å². The zero-order valence-corrected chi connectivity index (χ0v) is 14.5. The molecule has 2 aromatic carbocycles. The van der Waals surface area contributed by atoms with Crippen LogP contribution in [-0.2, 0) is 17.6 Å². The Balaban J connectivity index is 1.78. The van der Waals surface area contributed by atoms with Crippen molar-refractivity contribution in [2.75, 3.05) is 0 Å². The predicted molar refractivity (Wildman–Crippen MR) is 93.9 cm³/mol. The Kier molecular flexibility index (Phi) is 6.35. The van der Waals surface area contributed by atoms with E-state index in [0.717, 1.165) is 12.0 Å². The minimum absolute atomic E-state index is 0.218. The normalized spacial score (nSPS) is 10.2. The van der Waals surface area contributed by atoms with Gasteiger partial charge in [0.25, 0.3) is 5.91 Å². The summed E-state index contributed by atoms with van der Waals surface area (Å²) in [5.41, 5.74) is 7.72. The largest absolute Gasteiger partial charge is 0.273 e. The lowest BCUT2D eigenvalue weighted by Crippen LogP contribution is -2.41. The third-order valence-corrected chi connectivity index (χ3v) is 4.20. The predicted octanol–water partition coefficient (Wildman–Crippen LogP) is 3.41. The molecule has 0 saturated carbocycles. The second-order valence-electron chi connectivity index (χ2n) is 5.15. The molecule has 0 aromatic heterocycles. The average molecular weight is 375 g/mol. The van der Waals surface area contributed by atoms with Crippen LogP contribution in [0, 0.1) is 0 Å². The van der Waals surface area contributed by atoms with E-state index in [4.69, 9.17) is 0 Å². The number of hydrogen-bond donors (Lipinski definition) is 2. The minimum atomic E-state index is -0.349. The summed E-state index contributed by atoms with van der Waals surface area (Å²) in [6.45, 7) is 2.11. The summed E-state index contributed by atoms with van der Waals surface area (Å²) in [5, 5.41) is 0. The van der Waals surface area contributed by atoms with Gasteiger partial charge >= 0.3 is 0 Å². The summed E-state index contributed by atoms with van der Waals surface area (Å²) >= 11 is 3.30. The highest BCUT2D eigenvalue weighted by Crippen LogP contribution is 2.15. The Morgan fingerprint density at radius 2 is 1.61 bits per heavy atom. The molecule has 120 valence electrons. The molecule has 0 bridgehead atoms. The van der Waals surface area contributed by atoms with Gasteiger partial charge < -0.3 is 0 Å². The van der Waals surface area contributed by atoms with Crippen molar-refractivity contribution in [3.8, 4) is 0 Å². The van der Waals surface area contributed by atoms with Crippen LogP contribution in [0.25, 0.3) is 0 Å². The first-order valence-corrected chi connectivity index (χ1v) is 8.31. The lowest BCUT2D eigenvalue weighted by Gasteiger charge is -2.08. The molecule has 0 aliphatic rings. The fourth-order valence-corrected chi connectivity index (χ4v) is 2.57. The molecular formula is C18H19BrN2O2. The molecule has 0 spiro atoms. The van der Waals surface area contributed by atoms with Crippen molar-refractivity contribution < 1.29 is 9.59 Å². The molecule has 2 aromatic rings. The van der Waals surface area contributed by atoms with Crippen LogP contribution in [0.15, 0.2) is 53.0 Å². The van der Waals surface area contributed by atoms with Crippen molar-refractivity contribution in [1.82, 2.24) is 10.9 Å². The summed E-state index contributed by atoms with van der Waals surface area (Å²) in [7, 11) is 0. The molecule has 4 nitrogen and oxygen atoms in total. The number of hydrazine groups is 1. The van der Waals surface area contributed by atoms with Gasteiger partial charge in [0.2, 0.25) is 5.91 Å². The molecule has 2 N–H and O–H groups in total. The number of hydrogen-bond acceptors (Lipinski definition) is 2. The molecule has 0 aliphatic heterocycles. The highest BCUT2D eigenvalue weighted by Gasteiger charge is 2.10. The van der Waals surface area contributed by atoms with Crippen molar-refractivity contribution in [3.63, 3.8) is 0 Å². The minimum Gasteiger partial charge on any atom is -0.273 e. The van der Waals surface area contributed by atoms with E-state index in [9.17, 15) is 9.59 Å². The lowest BCUT2D eigenvalue weighted by atomic mass is 10.1. The molecular weight excluding hydrogens is 356 g/mol. The molecule has 0 heterocycles. The van der Waals surface area contributed by atoms with Gasteiger partial charge in [-0.1, -0.05) is 43.3 Å². The second kappa shape index (κ2) is 8.48. The van der Waals surface area contributed by atoms with Crippen molar-refractivity contribution in [2.45, 2.75) is 26.2 Å². The Morgan fingerprint density at radius 1 is 0.957 bits per heavy atom. The summed E-state index contributed by atoms with van der Waals surface area (Å²) < 4.78 is 0.683. The third-order valence-electron chi connectivity index (χ3n) is 3.51. The van der Waals surface area contributed by atoms with Crippen LogP contribution in [0.1, 0.15) is 34.8 Å². The van der Waals surface area contributed by atoms with Gasteiger partial charge in [0.05, 0.1) is 5.56 Å². The van der Waals surface area contributed by atoms with E-state index >= 15 is 0 Å². The topological polar surface area (TPSA) is 58.2 Å². The zero-order chi connectivity index (χ0) is 16.7. The van der Waals surface area contributed by atoms with Gasteiger partial charge in [-0.3, -0.25) is 20.4 Å². The van der Waals surface area contributed by atoms with Crippen LogP contribution in [-0.4, -0.2) is 11.8 Å². The standard InChI is InChI=1S/C18H19BrN2O2/c1-2-13-7-9-14(10-8-13)11-12-17(22)20-21-18(23)15-5-3-4-6-16(15)19/h3-10H,2,11-12H2,1H3,(H,20,22)(H,21,23). The van der Waals surface area contributed by atoms with Crippen LogP contribution in [0.3, 0.4) is 0 Å². The fraction of sp³-hybridized carbons (Fsp3) is 0.222. The van der Waals surface area contributed by atoms with E-state index in [1.807, 2.05) is 18.2 Å². The quantitative estimate of drug-likeness (QED) is 0.787. The first-order chi connectivity index (χ1) is 11.1. The van der Waals surface area contributed by atoms with E-state index in [1.165, 1.54) is 5.56 Å². The monoisotopic (exact) mass is 374 g/mol. The fourth-order valence-electron chi connectivity index (χ4n) is 2.10. The lowest BCUT2D eigenvalue weighted by molar-refractivity contribution is -0.121. The number of carbonyl (C=O) groups is 2. The Bertz CT molecular complexity index is 684. The van der Waals surface area contributed by atoms with E-state index in [0.29, 0.717) is 22.9 Å². The van der Waals surface area contributed by atoms with Gasteiger partial charge in [-0.2, -0.15) is 0 Å². The molecule has 2 rings (SSSR count). The zero-order valence-electron chi connectivity index (χ0n) is 12.9. The molecule has 0 fully saturated rings. The van der Waals surface area contributed by atoms with Crippen LogP contribution in [0.4, 0.5) is 0 Å². The van der Waals surface area contributed by atoms with Gasteiger partial charge in [-0.15, -0.1) is 0 Å². The maximum atomic E-state index is 12.0. The van der Waals surface area contributed by atoms with E-state index in [-0.39, 0.29) is 11.8 Å². The van der Waals surface area contributed by atoms with Crippen molar-refractivity contribution >= 4 is 27.7 Å². The number of rotatable bonds is 5. The number of halogens is 1. The van der Waals surface area contributed by atoms with Gasteiger partial charge in [0.15, 0.2) is 0 Å². The molecule has 0 saturated heterocycles. The van der Waals surface area contributed by atoms with Gasteiger partial charge in [0, 0.05) is 10.9 Å². The molecule has 0 atom stereocenters. The van der Waals surface area contributed by atoms with Crippen molar-refractivity contribution in [2.24, 2.45) is 0 Å². The summed E-state index contributed by atoms with van der Waals surface area (Å²) in [4.78, 5) is 23.8. The maximum Gasteiger partial charge on any atom is 0.270 e. The number of amides is 2. The van der Waals surface area contributed by atoms with Crippen LogP contribution in [0.2, 0.25) is 0 Å². The Labute approximate surface area is 144 Å². The maximum absolute atomic E-state index is 12.0. The smallest absolute Gasteiger partial charge is 0.270 e. The molecule has 0 radical (unpaired) electrons. The number of carbonyl (C=O) groups excluding carboxylic acids is 2. The number of benzene rings is 2. The molecule has 0 unspecified atom stereocenters. The first kappa shape index (κ1) is 17.2. The number of nitrogens with one attached hydrogen (secondary N) is 2. The van der Waals surface area contributed by atoms with Crippen LogP contribution >= 0.6 is 15.9 Å². The molecule has 5 heteroatoms. The summed E-state index contributed by atoms with van der Waals surface area (Å²) in [5.74, 6) is -0.567. The average Bonchev–Trinajstić information content (AvgIpc) is 2.58. The molecule has 0 aliphatic carbocycles. The van der Waals surface area contributed by atoms with E-state index < -0.39 is 0 Å². The van der Waals surface area contributed by atoms with Crippen LogP contribution < -0.4 is 10.9 Å². The Morgan fingerprint density at radius 3 is 2.26 bits per heavy atom. The van der Waals surface area contributed by atoms with Gasteiger partial charge in [-0.05, 0) is 52.0 Å². The second-order valence-corrected chi connectivity index (χ2v) is 6.01. The van der Waals surface area contributed by atoms with Crippen LogP contribution in [0.5, 0.6) is 0 Å². The van der Waals surface area contributed by atoms with Gasteiger partial charge in [-0.25, -0.2) is 0 Å². The highest BCUT2D eigenvalue weighted by molar-refractivity contribution is 9.10. The van der Waals surface area contributed by atoms with Crippen molar-refractivity contribution in [1.29, 1.82) is 0 Å². The summed E-state index contributed by atoms with van der Waals surface area (Å²) in [6.07, 6.45) is 1.96.